The molecule has 0 aliphatic heterocycles. The zero-order valence-corrected chi connectivity index (χ0v) is 11.6. The van der Waals surface area contributed by atoms with Crippen LogP contribution >= 0.6 is 0 Å². The van der Waals surface area contributed by atoms with Crippen molar-refractivity contribution in [2.45, 2.75) is 19.3 Å². The first-order valence-electron chi connectivity index (χ1n) is 6.09. The van der Waals surface area contributed by atoms with E-state index in [0.29, 0.717) is 13.0 Å². The van der Waals surface area contributed by atoms with Gasteiger partial charge in [-0.05, 0) is 37.1 Å². The van der Waals surface area contributed by atoms with E-state index in [1.807, 2.05) is 7.05 Å². The van der Waals surface area contributed by atoms with Crippen LogP contribution in [-0.4, -0.2) is 33.5 Å². The molecule has 0 amide bonds. The summed E-state index contributed by atoms with van der Waals surface area (Å²) in [6.07, 6.45) is 0.558. The van der Waals surface area contributed by atoms with Gasteiger partial charge in [0.15, 0.2) is 0 Å². The van der Waals surface area contributed by atoms with Gasteiger partial charge in [-0.3, -0.25) is 0 Å². The number of sulfone groups is 1. The molecule has 0 saturated carbocycles. The number of halogens is 1. The molecular weight excluding hydrogens is 253 g/mol. The van der Waals surface area contributed by atoms with Crippen LogP contribution in [0.2, 0.25) is 0 Å². The van der Waals surface area contributed by atoms with Gasteiger partial charge in [0.05, 0.1) is 5.75 Å². The highest BCUT2D eigenvalue weighted by atomic mass is 32.2. The summed E-state index contributed by atoms with van der Waals surface area (Å²) in [4.78, 5) is 0. The largest absolute Gasteiger partial charge is 0.319 e. The molecule has 3 nitrogen and oxygen atoms in total. The van der Waals surface area contributed by atoms with Crippen molar-refractivity contribution in [1.82, 2.24) is 5.32 Å². The molecule has 0 aliphatic rings. The molecule has 102 valence electrons. The molecule has 1 aromatic rings. The summed E-state index contributed by atoms with van der Waals surface area (Å²) >= 11 is 0. The van der Waals surface area contributed by atoms with E-state index in [1.165, 1.54) is 12.1 Å². The average molecular weight is 273 g/mol. The molecule has 0 bridgehead atoms. The highest BCUT2D eigenvalue weighted by Crippen LogP contribution is 2.20. The molecule has 1 atom stereocenters. The Bertz CT molecular complexity index is 456. The molecule has 1 aromatic carbocycles. The Hall–Kier alpha value is -0.940. The molecule has 1 unspecified atom stereocenters. The molecular formula is C13H20FNO2S. The fourth-order valence-corrected chi connectivity index (χ4v) is 2.77. The Labute approximate surface area is 108 Å². The summed E-state index contributed by atoms with van der Waals surface area (Å²) < 4.78 is 35.9. The van der Waals surface area contributed by atoms with Crippen LogP contribution < -0.4 is 5.32 Å². The van der Waals surface area contributed by atoms with E-state index in [4.69, 9.17) is 0 Å². The Kier molecular flexibility index (Phi) is 5.75. The topological polar surface area (TPSA) is 46.2 Å². The summed E-state index contributed by atoms with van der Waals surface area (Å²) in [5.74, 6) is 0.163. The minimum atomic E-state index is -2.95. The van der Waals surface area contributed by atoms with Gasteiger partial charge in [0.25, 0.3) is 0 Å². The van der Waals surface area contributed by atoms with E-state index in [1.54, 1.807) is 19.1 Å². The lowest BCUT2D eigenvalue weighted by molar-refractivity contribution is 0.573. The molecule has 18 heavy (non-hydrogen) atoms. The minimum Gasteiger partial charge on any atom is -0.319 e. The van der Waals surface area contributed by atoms with E-state index in [9.17, 15) is 12.8 Å². The van der Waals surface area contributed by atoms with Crippen molar-refractivity contribution in [1.29, 1.82) is 0 Å². The van der Waals surface area contributed by atoms with Crippen LogP contribution in [0, 0.1) is 5.82 Å². The second kappa shape index (κ2) is 6.85. The number of hydrogen-bond donors (Lipinski definition) is 1. The van der Waals surface area contributed by atoms with Crippen molar-refractivity contribution in [2.75, 3.05) is 25.1 Å². The smallest absolute Gasteiger partial charge is 0.150 e. The third-order valence-corrected chi connectivity index (χ3v) is 4.75. The number of benzene rings is 1. The summed E-state index contributed by atoms with van der Waals surface area (Å²) in [5, 5.41) is 3.05. The standard InChI is InChI=1S/C13H20FNO2S/c1-3-18(16,17)9-8-12(10-15-2)11-4-6-13(14)7-5-11/h4-7,12,15H,3,8-10H2,1-2H3. The zero-order valence-electron chi connectivity index (χ0n) is 10.8. The molecule has 0 heterocycles. The van der Waals surface area contributed by atoms with Crippen LogP contribution in [0.1, 0.15) is 24.8 Å². The lowest BCUT2D eigenvalue weighted by Crippen LogP contribution is -2.20. The van der Waals surface area contributed by atoms with Crippen molar-refractivity contribution in [3.8, 4) is 0 Å². The van der Waals surface area contributed by atoms with Crippen LogP contribution in [0.15, 0.2) is 24.3 Å². The van der Waals surface area contributed by atoms with Crippen molar-refractivity contribution in [2.24, 2.45) is 0 Å². The molecule has 0 aliphatic carbocycles. The molecule has 1 N–H and O–H groups in total. The van der Waals surface area contributed by atoms with Gasteiger partial charge in [0.2, 0.25) is 0 Å². The minimum absolute atomic E-state index is 0.0944. The predicted molar refractivity (Wildman–Crippen MR) is 72.0 cm³/mol. The quantitative estimate of drug-likeness (QED) is 0.826. The van der Waals surface area contributed by atoms with Gasteiger partial charge >= 0.3 is 0 Å². The monoisotopic (exact) mass is 273 g/mol. The van der Waals surface area contributed by atoms with Gasteiger partial charge in [0, 0.05) is 12.3 Å². The van der Waals surface area contributed by atoms with E-state index in [-0.39, 0.29) is 23.2 Å². The Morgan fingerprint density at radius 2 is 1.89 bits per heavy atom. The van der Waals surface area contributed by atoms with Crippen molar-refractivity contribution < 1.29 is 12.8 Å². The van der Waals surface area contributed by atoms with Gasteiger partial charge in [0.1, 0.15) is 15.7 Å². The van der Waals surface area contributed by atoms with Gasteiger partial charge in [-0.15, -0.1) is 0 Å². The van der Waals surface area contributed by atoms with Crippen LogP contribution in [-0.2, 0) is 9.84 Å². The molecule has 0 radical (unpaired) electrons. The maximum atomic E-state index is 12.9. The Morgan fingerprint density at radius 3 is 2.39 bits per heavy atom. The van der Waals surface area contributed by atoms with Gasteiger partial charge in [-0.25, -0.2) is 12.8 Å². The van der Waals surface area contributed by atoms with Crippen LogP contribution in [0.3, 0.4) is 0 Å². The normalized spacial score (nSPS) is 13.5. The lowest BCUT2D eigenvalue weighted by atomic mass is 9.96. The first-order chi connectivity index (χ1) is 8.48. The number of nitrogens with one attached hydrogen (secondary N) is 1. The number of hydrogen-bond acceptors (Lipinski definition) is 3. The van der Waals surface area contributed by atoms with Gasteiger partial charge < -0.3 is 5.32 Å². The Balaban J connectivity index is 2.74. The number of rotatable bonds is 7. The maximum Gasteiger partial charge on any atom is 0.150 e. The van der Waals surface area contributed by atoms with Crippen LogP contribution in [0.25, 0.3) is 0 Å². The first-order valence-corrected chi connectivity index (χ1v) is 7.91. The summed E-state index contributed by atoms with van der Waals surface area (Å²) in [6, 6.07) is 6.25. The van der Waals surface area contributed by atoms with Crippen LogP contribution in [0.5, 0.6) is 0 Å². The average Bonchev–Trinajstić information content (AvgIpc) is 2.36. The fourth-order valence-electron chi connectivity index (χ4n) is 1.83. The summed E-state index contributed by atoms with van der Waals surface area (Å²) in [7, 11) is -1.13. The fraction of sp³-hybridized carbons (Fsp3) is 0.538. The van der Waals surface area contributed by atoms with E-state index in [2.05, 4.69) is 5.32 Å². The van der Waals surface area contributed by atoms with E-state index in [0.717, 1.165) is 5.56 Å². The second-order valence-electron chi connectivity index (χ2n) is 4.33. The third kappa shape index (κ3) is 4.74. The van der Waals surface area contributed by atoms with Crippen molar-refractivity contribution in [3.63, 3.8) is 0 Å². The summed E-state index contributed by atoms with van der Waals surface area (Å²) in [5.41, 5.74) is 0.969. The molecule has 1 rings (SSSR count). The predicted octanol–water partition coefficient (Wildman–Crippen LogP) is 1.95. The number of likely N-dealkylation sites (N-methyl/N-ethyl adjacent to an activating group) is 1. The third-order valence-electron chi connectivity index (χ3n) is 3.01. The van der Waals surface area contributed by atoms with E-state index < -0.39 is 9.84 Å². The lowest BCUT2D eigenvalue weighted by Gasteiger charge is -2.16. The first kappa shape index (κ1) is 15.1. The molecule has 0 aromatic heterocycles. The van der Waals surface area contributed by atoms with Crippen molar-refractivity contribution in [3.05, 3.63) is 35.6 Å². The van der Waals surface area contributed by atoms with E-state index >= 15 is 0 Å². The Morgan fingerprint density at radius 1 is 1.28 bits per heavy atom. The SMILES string of the molecule is CCS(=O)(=O)CCC(CNC)c1ccc(F)cc1. The molecule has 0 fully saturated rings. The van der Waals surface area contributed by atoms with Crippen molar-refractivity contribution >= 4 is 9.84 Å². The molecule has 0 spiro atoms. The van der Waals surface area contributed by atoms with Gasteiger partial charge in [-0.1, -0.05) is 19.1 Å². The highest BCUT2D eigenvalue weighted by molar-refractivity contribution is 7.91. The zero-order chi connectivity index (χ0) is 13.6. The van der Waals surface area contributed by atoms with Gasteiger partial charge in [-0.2, -0.15) is 0 Å². The molecule has 5 heteroatoms. The van der Waals surface area contributed by atoms with Crippen LogP contribution in [0.4, 0.5) is 4.39 Å². The second-order valence-corrected chi connectivity index (χ2v) is 6.80. The summed E-state index contributed by atoms with van der Waals surface area (Å²) in [6.45, 7) is 2.34. The highest BCUT2D eigenvalue weighted by Gasteiger charge is 2.15. The molecule has 0 saturated heterocycles. The maximum absolute atomic E-state index is 12.9.